The lowest BCUT2D eigenvalue weighted by Gasteiger charge is -2.13. The number of halogens is 1. The normalized spacial score (nSPS) is 10.2. The summed E-state index contributed by atoms with van der Waals surface area (Å²) in [5.41, 5.74) is 1.63. The predicted molar refractivity (Wildman–Crippen MR) is 91.3 cm³/mol. The summed E-state index contributed by atoms with van der Waals surface area (Å²) in [6.07, 6.45) is 0. The van der Waals surface area contributed by atoms with Gasteiger partial charge in [0.1, 0.15) is 11.5 Å². The Bertz CT molecular complexity index is 662. The third-order valence-electron chi connectivity index (χ3n) is 3.21. The van der Waals surface area contributed by atoms with Gasteiger partial charge < -0.3 is 20.1 Å². The molecule has 122 valence electrons. The van der Waals surface area contributed by atoms with Crippen LogP contribution in [-0.2, 0) is 11.3 Å². The van der Waals surface area contributed by atoms with Gasteiger partial charge in [0.05, 0.1) is 31.5 Å². The molecule has 0 aliphatic heterocycles. The quantitative estimate of drug-likeness (QED) is 0.817. The molecule has 2 N–H and O–H groups in total. The van der Waals surface area contributed by atoms with E-state index >= 15 is 0 Å². The number of hydrogen-bond donors (Lipinski definition) is 2. The highest BCUT2D eigenvalue weighted by Crippen LogP contribution is 2.35. The van der Waals surface area contributed by atoms with Crippen molar-refractivity contribution >= 4 is 23.2 Å². The maximum Gasteiger partial charge on any atom is 0.238 e. The minimum Gasteiger partial charge on any atom is -0.495 e. The van der Waals surface area contributed by atoms with Gasteiger partial charge in [-0.15, -0.1) is 0 Å². The van der Waals surface area contributed by atoms with Crippen LogP contribution in [0.4, 0.5) is 5.69 Å². The second-order valence-electron chi connectivity index (χ2n) is 4.82. The van der Waals surface area contributed by atoms with Crippen LogP contribution in [0, 0.1) is 0 Å². The number of anilines is 1. The highest BCUT2D eigenvalue weighted by molar-refractivity contribution is 6.32. The van der Waals surface area contributed by atoms with E-state index in [4.69, 9.17) is 21.1 Å². The smallest absolute Gasteiger partial charge is 0.238 e. The lowest BCUT2D eigenvalue weighted by molar-refractivity contribution is -0.115. The first-order valence-corrected chi connectivity index (χ1v) is 7.48. The van der Waals surface area contributed by atoms with Gasteiger partial charge in [0, 0.05) is 18.7 Å². The number of benzene rings is 2. The molecular formula is C17H19ClN2O3. The Hall–Kier alpha value is -2.24. The molecule has 0 bridgehead atoms. The molecule has 23 heavy (non-hydrogen) atoms. The largest absolute Gasteiger partial charge is 0.495 e. The lowest BCUT2D eigenvalue weighted by Crippen LogP contribution is -2.27. The van der Waals surface area contributed by atoms with Gasteiger partial charge in [0.2, 0.25) is 5.91 Å². The molecule has 0 aliphatic rings. The van der Waals surface area contributed by atoms with E-state index in [1.54, 1.807) is 12.1 Å². The number of ether oxygens (including phenoxy) is 2. The zero-order valence-corrected chi connectivity index (χ0v) is 13.8. The van der Waals surface area contributed by atoms with Crippen LogP contribution in [0.1, 0.15) is 5.56 Å². The summed E-state index contributed by atoms with van der Waals surface area (Å²) in [4.78, 5) is 12.1. The van der Waals surface area contributed by atoms with Gasteiger partial charge in [0.25, 0.3) is 0 Å². The Morgan fingerprint density at radius 3 is 2.43 bits per heavy atom. The molecule has 0 radical (unpaired) electrons. The topological polar surface area (TPSA) is 59.6 Å². The summed E-state index contributed by atoms with van der Waals surface area (Å²) in [6, 6.07) is 13.1. The number of methoxy groups -OCH3 is 2. The zero-order chi connectivity index (χ0) is 16.7. The summed E-state index contributed by atoms with van der Waals surface area (Å²) in [5.74, 6) is 0.774. The Morgan fingerprint density at radius 2 is 1.78 bits per heavy atom. The van der Waals surface area contributed by atoms with E-state index in [2.05, 4.69) is 10.6 Å². The fraction of sp³-hybridized carbons (Fsp3) is 0.235. The van der Waals surface area contributed by atoms with Gasteiger partial charge in [-0.1, -0.05) is 41.9 Å². The molecule has 0 spiro atoms. The molecular weight excluding hydrogens is 316 g/mol. The van der Waals surface area contributed by atoms with Crippen LogP contribution in [-0.4, -0.2) is 26.7 Å². The van der Waals surface area contributed by atoms with Crippen LogP contribution >= 0.6 is 11.6 Å². The van der Waals surface area contributed by atoms with Crippen LogP contribution in [0.3, 0.4) is 0 Å². The average molecular weight is 335 g/mol. The first kappa shape index (κ1) is 17.1. The molecule has 0 atom stereocenters. The van der Waals surface area contributed by atoms with E-state index in [9.17, 15) is 4.79 Å². The number of rotatable bonds is 7. The van der Waals surface area contributed by atoms with Gasteiger partial charge in [0.15, 0.2) is 0 Å². The number of hydrogen-bond acceptors (Lipinski definition) is 4. The van der Waals surface area contributed by atoms with E-state index < -0.39 is 0 Å². The molecule has 0 saturated heterocycles. The summed E-state index contributed by atoms with van der Waals surface area (Å²) in [6.45, 7) is 0.804. The van der Waals surface area contributed by atoms with Crippen molar-refractivity contribution in [2.24, 2.45) is 0 Å². The molecule has 1 amide bonds. The fourth-order valence-electron chi connectivity index (χ4n) is 2.07. The molecule has 5 nitrogen and oxygen atoms in total. The first-order valence-electron chi connectivity index (χ1n) is 7.10. The van der Waals surface area contributed by atoms with E-state index in [1.807, 2.05) is 30.3 Å². The van der Waals surface area contributed by atoms with Gasteiger partial charge in [-0.2, -0.15) is 0 Å². The highest BCUT2D eigenvalue weighted by Gasteiger charge is 2.12. The maximum absolute atomic E-state index is 12.1. The SMILES string of the molecule is COc1cc(NC(=O)CNCc2ccccc2)c(OC)cc1Cl. The third kappa shape index (κ3) is 4.87. The zero-order valence-electron chi connectivity index (χ0n) is 13.1. The van der Waals surface area contributed by atoms with Crippen molar-refractivity contribution in [2.45, 2.75) is 6.54 Å². The Kier molecular flexibility index (Phi) is 6.26. The van der Waals surface area contributed by atoms with E-state index in [0.717, 1.165) is 5.56 Å². The Morgan fingerprint density at radius 1 is 1.09 bits per heavy atom. The summed E-state index contributed by atoms with van der Waals surface area (Å²) in [5, 5.41) is 6.29. The summed E-state index contributed by atoms with van der Waals surface area (Å²) >= 11 is 6.04. The predicted octanol–water partition coefficient (Wildman–Crippen LogP) is 3.09. The fourth-order valence-corrected chi connectivity index (χ4v) is 2.30. The van der Waals surface area contributed by atoms with Crippen molar-refractivity contribution in [1.82, 2.24) is 5.32 Å². The molecule has 2 rings (SSSR count). The van der Waals surface area contributed by atoms with Gasteiger partial charge in [-0.25, -0.2) is 0 Å². The lowest BCUT2D eigenvalue weighted by atomic mass is 10.2. The third-order valence-corrected chi connectivity index (χ3v) is 3.50. The number of carbonyl (C=O) groups excluding carboxylic acids is 1. The van der Waals surface area contributed by atoms with Gasteiger partial charge in [-0.3, -0.25) is 4.79 Å². The van der Waals surface area contributed by atoms with Crippen LogP contribution in [0.15, 0.2) is 42.5 Å². The molecule has 2 aromatic rings. The second-order valence-corrected chi connectivity index (χ2v) is 5.23. The van der Waals surface area contributed by atoms with Gasteiger partial charge >= 0.3 is 0 Å². The molecule has 0 aliphatic carbocycles. The van der Waals surface area contributed by atoms with Crippen molar-refractivity contribution in [2.75, 3.05) is 26.1 Å². The average Bonchev–Trinajstić information content (AvgIpc) is 2.57. The molecule has 0 heterocycles. The minimum absolute atomic E-state index is 0.177. The Labute approximate surface area is 140 Å². The van der Waals surface area contributed by atoms with E-state index in [-0.39, 0.29) is 12.5 Å². The van der Waals surface area contributed by atoms with Crippen molar-refractivity contribution in [1.29, 1.82) is 0 Å². The number of amides is 1. The molecule has 0 unspecified atom stereocenters. The van der Waals surface area contributed by atoms with Crippen molar-refractivity contribution < 1.29 is 14.3 Å². The number of nitrogens with one attached hydrogen (secondary N) is 2. The second kappa shape index (κ2) is 8.41. The minimum atomic E-state index is -0.177. The van der Waals surface area contributed by atoms with E-state index in [0.29, 0.717) is 28.8 Å². The van der Waals surface area contributed by atoms with Crippen LogP contribution in [0.25, 0.3) is 0 Å². The van der Waals surface area contributed by atoms with Crippen LogP contribution in [0.5, 0.6) is 11.5 Å². The summed E-state index contributed by atoms with van der Waals surface area (Å²) < 4.78 is 10.4. The van der Waals surface area contributed by atoms with Crippen molar-refractivity contribution in [3.8, 4) is 11.5 Å². The van der Waals surface area contributed by atoms with Crippen LogP contribution < -0.4 is 20.1 Å². The van der Waals surface area contributed by atoms with Crippen molar-refractivity contribution in [3.05, 3.63) is 53.1 Å². The maximum atomic E-state index is 12.1. The Balaban J connectivity index is 1.94. The van der Waals surface area contributed by atoms with Gasteiger partial charge in [-0.05, 0) is 5.56 Å². The first-order chi connectivity index (χ1) is 11.1. The molecule has 6 heteroatoms. The van der Waals surface area contributed by atoms with E-state index in [1.165, 1.54) is 14.2 Å². The number of carbonyl (C=O) groups is 1. The molecule has 0 fully saturated rings. The molecule has 2 aromatic carbocycles. The molecule has 0 saturated carbocycles. The highest BCUT2D eigenvalue weighted by atomic mass is 35.5. The van der Waals surface area contributed by atoms with Crippen molar-refractivity contribution in [3.63, 3.8) is 0 Å². The standard InChI is InChI=1S/C17H19ClN2O3/c1-22-15-9-14(16(23-2)8-13(15)18)20-17(21)11-19-10-12-6-4-3-5-7-12/h3-9,19H,10-11H2,1-2H3,(H,20,21). The monoisotopic (exact) mass is 334 g/mol. The van der Waals surface area contributed by atoms with Crippen LogP contribution in [0.2, 0.25) is 5.02 Å². The summed E-state index contributed by atoms with van der Waals surface area (Å²) in [7, 11) is 3.03. The molecule has 0 aromatic heterocycles.